The monoisotopic (exact) mass is 261 g/mol. The van der Waals surface area contributed by atoms with Gasteiger partial charge in [-0.05, 0) is 44.7 Å². The molecule has 1 amide bonds. The Balaban J connectivity index is 2.14. The molecule has 2 rings (SSSR count). The maximum Gasteiger partial charge on any atom is 0.210 e. The van der Waals surface area contributed by atoms with E-state index < -0.39 is 0 Å². The SMILES string of the molecule is CCN(CC)c1ccc([C@H]2CCCCN2C=O)cn1. The number of amides is 1. The molecular formula is C15H23N3O. The van der Waals surface area contributed by atoms with E-state index in [-0.39, 0.29) is 6.04 Å². The number of nitrogens with zero attached hydrogens (tertiary/aromatic N) is 3. The van der Waals surface area contributed by atoms with Crippen molar-refractivity contribution < 1.29 is 4.79 Å². The first-order valence-electron chi connectivity index (χ1n) is 7.22. The zero-order valence-corrected chi connectivity index (χ0v) is 11.9. The Bertz CT molecular complexity index is 400. The quantitative estimate of drug-likeness (QED) is 0.764. The Morgan fingerprint density at radius 1 is 1.37 bits per heavy atom. The van der Waals surface area contributed by atoms with Gasteiger partial charge in [0.15, 0.2) is 0 Å². The minimum atomic E-state index is 0.213. The summed E-state index contributed by atoms with van der Waals surface area (Å²) in [4.78, 5) is 19.8. The van der Waals surface area contributed by atoms with Gasteiger partial charge in [-0.1, -0.05) is 6.07 Å². The number of hydrogen-bond donors (Lipinski definition) is 0. The molecule has 1 aliphatic heterocycles. The normalized spacial score (nSPS) is 19.3. The van der Waals surface area contributed by atoms with Gasteiger partial charge < -0.3 is 9.80 Å². The van der Waals surface area contributed by atoms with Gasteiger partial charge in [0.25, 0.3) is 0 Å². The highest BCUT2D eigenvalue weighted by Crippen LogP contribution is 2.29. The molecule has 4 heteroatoms. The molecule has 0 bridgehead atoms. The minimum Gasteiger partial charge on any atom is -0.357 e. The fourth-order valence-corrected chi connectivity index (χ4v) is 2.77. The topological polar surface area (TPSA) is 36.4 Å². The summed E-state index contributed by atoms with van der Waals surface area (Å²) in [6, 6.07) is 4.40. The maximum atomic E-state index is 11.1. The van der Waals surface area contributed by atoms with Gasteiger partial charge in [0.2, 0.25) is 6.41 Å². The number of anilines is 1. The van der Waals surface area contributed by atoms with Crippen LogP contribution in [0.1, 0.15) is 44.7 Å². The molecule has 0 aromatic carbocycles. The van der Waals surface area contributed by atoms with Gasteiger partial charge in [-0.3, -0.25) is 4.79 Å². The largest absolute Gasteiger partial charge is 0.357 e. The second-order valence-electron chi connectivity index (χ2n) is 4.98. The molecule has 1 saturated heterocycles. The summed E-state index contributed by atoms with van der Waals surface area (Å²) in [6.07, 6.45) is 6.25. The third-order valence-electron chi connectivity index (χ3n) is 3.92. The molecule has 0 aliphatic carbocycles. The number of pyridine rings is 1. The van der Waals surface area contributed by atoms with Crippen molar-refractivity contribution in [2.75, 3.05) is 24.5 Å². The molecule has 1 aliphatic rings. The van der Waals surface area contributed by atoms with E-state index in [0.717, 1.165) is 50.3 Å². The van der Waals surface area contributed by atoms with Gasteiger partial charge in [-0.15, -0.1) is 0 Å². The highest BCUT2D eigenvalue weighted by molar-refractivity contribution is 5.49. The molecule has 0 saturated carbocycles. The van der Waals surface area contributed by atoms with E-state index in [2.05, 4.69) is 35.9 Å². The molecule has 0 N–H and O–H groups in total. The van der Waals surface area contributed by atoms with Crippen molar-refractivity contribution in [1.29, 1.82) is 0 Å². The summed E-state index contributed by atoms with van der Waals surface area (Å²) >= 11 is 0. The van der Waals surface area contributed by atoms with Gasteiger partial charge >= 0.3 is 0 Å². The molecule has 0 unspecified atom stereocenters. The summed E-state index contributed by atoms with van der Waals surface area (Å²) in [5, 5.41) is 0. The van der Waals surface area contributed by atoms with Crippen LogP contribution < -0.4 is 4.90 Å². The third kappa shape index (κ3) is 3.06. The second-order valence-corrected chi connectivity index (χ2v) is 4.98. The summed E-state index contributed by atoms with van der Waals surface area (Å²) in [5.74, 6) is 1.02. The van der Waals surface area contributed by atoms with E-state index in [0.29, 0.717) is 0 Å². The van der Waals surface area contributed by atoms with Crippen LogP contribution in [0.2, 0.25) is 0 Å². The van der Waals surface area contributed by atoms with Crippen molar-refractivity contribution in [2.45, 2.75) is 39.2 Å². The van der Waals surface area contributed by atoms with Crippen molar-refractivity contribution >= 4 is 12.2 Å². The second kappa shape index (κ2) is 6.55. The molecule has 0 spiro atoms. The number of aromatic nitrogens is 1. The van der Waals surface area contributed by atoms with Crippen LogP contribution in [0.3, 0.4) is 0 Å². The molecule has 1 fully saturated rings. The zero-order valence-electron chi connectivity index (χ0n) is 11.9. The standard InChI is InChI=1S/C15H23N3O/c1-3-17(4-2)15-9-8-13(11-16-15)14-7-5-6-10-18(14)12-19/h8-9,11-12,14H,3-7,10H2,1-2H3/t14-/m1/s1. The van der Waals surface area contributed by atoms with Gasteiger partial charge in [0.1, 0.15) is 5.82 Å². The number of likely N-dealkylation sites (tertiary alicyclic amines) is 1. The molecule has 1 atom stereocenters. The number of hydrogen-bond acceptors (Lipinski definition) is 3. The first-order valence-corrected chi connectivity index (χ1v) is 7.22. The molecular weight excluding hydrogens is 238 g/mol. The van der Waals surface area contributed by atoms with Crippen LogP contribution >= 0.6 is 0 Å². The Labute approximate surface area is 115 Å². The van der Waals surface area contributed by atoms with Crippen LogP contribution in [0.5, 0.6) is 0 Å². The van der Waals surface area contributed by atoms with Crippen LogP contribution in [-0.4, -0.2) is 35.9 Å². The van der Waals surface area contributed by atoms with E-state index in [1.807, 2.05) is 11.1 Å². The van der Waals surface area contributed by atoms with Gasteiger partial charge in [-0.25, -0.2) is 4.98 Å². The lowest BCUT2D eigenvalue weighted by molar-refractivity contribution is -0.121. The summed E-state index contributed by atoms with van der Waals surface area (Å²) < 4.78 is 0. The lowest BCUT2D eigenvalue weighted by atomic mass is 9.97. The fraction of sp³-hybridized carbons (Fsp3) is 0.600. The Morgan fingerprint density at radius 2 is 2.16 bits per heavy atom. The van der Waals surface area contributed by atoms with E-state index in [9.17, 15) is 4.79 Å². The number of carbonyl (C=O) groups excluding carboxylic acids is 1. The van der Waals surface area contributed by atoms with Gasteiger partial charge in [-0.2, -0.15) is 0 Å². The molecule has 4 nitrogen and oxygen atoms in total. The van der Waals surface area contributed by atoms with E-state index in [1.54, 1.807) is 0 Å². The third-order valence-corrected chi connectivity index (χ3v) is 3.92. The molecule has 1 aromatic heterocycles. The van der Waals surface area contributed by atoms with Gasteiger partial charge in [0.05, 0.1) is 6.04 Å². The first kappa shape index (κ1) is 13.8. The fourth-order valence-electron chi connectivity index (χ4n) is 2.77. The molecule has 19 heavy (non-hydrogen) atoms. The predicted molar refractivity (Wildman–Crippen MR) is 77.2 cm³/mol. The zero-order chi connectivity index (χ0) is 13.7. The van der Waals surface area contributed by atoms with Crippen LogP contribution in [-0.2, 0) is 4.79 Å². The maximum absolute atomic E-state index is 11.1. The van der Waals surface area contributed by atoms with Crippen molar-refractivity contribution in [2.24, 2.45) is 0 Å². The van der Waals surface area contributed by atoms with Crippen LogP contribution in [0.4, 0.5) is 5.82 Å². The smallest absolute Gasteiger partial charge is 0.210 e. The lowest BCUT2D eigenvalue weighted by Crippen LogP contribution is -2.32. The predicted octanol–water partition coefficient (Wildman–Crippen LogP) is 2.61. The van der Waals surface area contributed by atoms with E-state index in [1.165, 1.54) is 6.42 Å². The molecule has 104 valence electrons. The Kier molecular flexibility index (Phi) is 4.77. The van der Waals surface area contributed by atoms with Crippen LogP contribution in [0.25, 0.3) is 0 Å². The van der Waals surface area contributed by atoms with Gasteiger partial charge in [0, 0.05) is 25.8 Å². The number of rotatable bonds is 5. The van der Waals surface area contributed by atoms with Crippen molar-refractivity contribution in [3.63, 3.8) is 0 Å². The van der Waals surface area contributed by atoms with E-state index >= 15 is 0 Å². The average Bonchev–Trinajstić information content (AvgIpc) is 2.49. The molecule has 1 aromatic rings. The minimum absolute atomic E-state index is 0.213. The highest BCUT2D eigenvalue weighted by Gasteiger charge is 2.22. The molecule has 0 radical (unpaired) electrons. The number of carbonyl (C=O) groups is 1. The van der Waals surface area contributed by atoms with Crippen molar-refractivity contribution in [3.05, 3.63) is 23.9 Å². The first-order chi connectivity index (χ1) is 9.30. The molecule has 2 heterocycles. The lowest BCUT2D eigenvalue weighted by Gasteiger charge is -2.33. The van der Waals surface area contributed by atoms with Crippen LogP contribution in [0, 0.1) is 0 Å². The van der Waals surface area contributed by atoms with Crippen molar-refractivity contribution in [1.82, 2.24) is 9.88 Å². The van der Waals surface area contributed by atoms with Crippen LogP contribution in [0.15, 0.2) is 18.3 Å². The summed E-state index contributed by atoms with van der Waals surface area (Å²) in [5.41, 5.74) is 1.16. The van der Waals surface area contributed by atoms with E-state index in [4.69, 9.17) is 0 Å². The summed E-state index contributed by atoms with van der Waals surface area (Å²) in [7, 11) is 0. The van der Waals surface area contributed by atoms with Crippen molar-refractivity contribution in [3.8, 4) is 0 Å². The Morgan fingerprint density at radius 3 is 2.74 bits per heavy atom. The highest BCUT2D eigenvalue weighted by atomic mass is 16.1. The Hall–Kier alpha value is -1.58. The number of piperidine rings is 1. The summed E-state index contributed by atoms with van der Waals surface area (Å²) in [6.45, 7) is 7.06. The average molecular weight is 261 g/mol.